The predicted molar refractivity (Wildman–Crippen MR) is 68.9 cm³/mol. The molecule has 1 aliphatic heterocycles. The van der Waals surface area contributed by atoms with Crippen molar-refractivity contribution >= 4 is 12.1 Å². The standard InChI is InChI=1S/C12H15N3O5/c16-5-1-3-13-10-2-4-15(12(19)14-10)11-6-8(18)9(7-17)20-11/h1-5,8-9,11,17-18H,6-7H2,(H,13,14,19)/t8-,9+,11+/m0/s1. The van der Waals surface area contributed by atoms with E-state index in [0.717, 1.165) is 0 Å². The lowest BCUT2D eigenvalue weighted by Crippen LogP contribution is -2.27. The number of nitrogens with one attached hydrogen (secondary N) is 1. The average molecular weight is 281 g/mol. The first-order chi connectivity index (χ1) is 9.65. The van der Waals surface area contributed by atoms with Crippen molar-refractivity contribution in [1.29, 1.82) is 0 Å². The number of aliphatic hydroxyl groups is 2. The quantitative estimate of drug-likeness (QED) is 0.469. The second-order valence-corrected chi connectivity index (χ2v) is 4.26. The van der Waals surface area contributed by atoms with Crippen LogP contribution in [0, 0.1) is 0 Å². The molecule has 0 radical (unpaired) electrons. The summed E-state index contributed by atoms with van der Waals surface area (Å²) in [6, 6.07) is 1.54. The maximum atomic E-state index is 11.9. The van der Waals surface area contributed by atoms with Gasteiger partial charge in [-0.05, 0) is 12.1 Å². The van der Waals surface area contributed by atoms with Gasteiger partial charge < -0.3 is 20.3 Å². The molecule has 2 heterocycles. The van der Waals surface area contributed by atoms with Gasteiger partial charge in [0, 0.05) is 18.8 Å². The van der Waals surface area contributed by atoms with Crippen molar-refractivity contribution in [2.45, 2.75) is 24.9 Å². The van der Waals surface area contributed by atoms with E-state index >= 15 is 0 Å². The molecule has 1 fully saturated rings. The molecule has 1 aliphatic rings. The third kappa shape index (κ3) is 3.10. The van der Waals surface area contributed by atoms with Crippen molar-refractivity contribution in [3.05, 3.63) is 35.0 Å². The zero-order chi connectivity index (χ0) is 14.5. The number of aldehydes is 1. The summed E-state index contributed by atoms with van der Waals surface area (Å²) < 4.78 is 6.61. The fourth-order valence-electron chi connectivity index (χ4n) is 1.94. The van der Waals surface area contributed by atoms with Gasteiger partial charge >= 0.3 is 5.69 Å². The molecule has 3 N–H and O–H groups in total. The first kappa shape index (κ1) is 14.4. The second kappa shape index (κ2) is 6.42. The molecular formula is C12H15N3O5. The monoisotopic (exact) mass is 281 g/mol. The Hall–Kier alpha value is -2.03. The zero-order valence-corrected chi connectivity index (χ0v) is 10.5. The molecule has 108 valence electrons. The average Bonchev–Trinajstić information content (AvgIpc) is 2.80. The summed E-state index contributed by atoms with van der Waals surface area (Å²) in [5.41, 5.74) is -0.551. The number of hydrogen-bond acceptors (Lipinski definition) is 7. The largest absolute Gasteiger partial charge is 0.394 e. The van der Waals surface area contributed by atoms with Crippen LogP contribution in [0.2, 0.25) is 0 Å². The van der Waals surface area contributed by atoms with Crippen molar-refractivity contribution in [2.75, 3.05) is 11.9 Å². The lowest BCUT2D eigenvalue weighted by atomic mass is 10.2. The van der Waals surface area contributed by atoms with Crippen molar-refractivity contribution in [1.82, 2.24) is 9.55 Å². The Morgan fingerprint density at radius 2 is 2.40 bits per heavy atom. The molecule has 0 bridgehead atoms. The molecule has 20 heavy (non-hydrogen) atoms. The third-order valence-corrected chi connectivity index (χ3v) is 2.93. The Labute approximate surface area is 114 Å². The summed E-state index contributed by atoms with van der Waals surface area (Å²) in [6.07, 6.45) is 2.71. The minimum atomic E-state index is -0.815. The minimum Gasteiger partial charge on any atom is -0.394 e. The van der Waals surface area contributed by atoms with Gasteiger partial charge in [-0.3, -0.25) is 9.36 Å². The first-order valence-corrected chi connectivity index (χ1v) is 6.06. The highest BCUT2D eigenvalue weighted by atomic mass is 16.5. The maximum Gasteiger partial charge on any atom is 0.351 e. The summed E-state index contributed by atoms with van der Waals surface area (Å²) in [6.45, 7) is -0.310. The van der Waals surface area contributed by atoms with Crippen LogP contribution in [0.1, 0.15) is 12.6 Å². The van der Waals surface area contributed by atoms with Crippen LogP contribution in [-0.2, 0) is 9.53 Å². The van der Waals surface area contributed by atoms with E-state index in [4.69, 9.17) is 9.84 Å². The van der Waals surface area contributed by atoms with Gasteiger partial charge in [0.1, 0.15) is 24.4 Å². The van der Waals surface area contributed by atoms with Gasteiger partial charge in [0.2, 0.25) is 0 Å². The molecule has 8 nitrogen and oxygen atoms in total. The van der Waals surface area contributed by atoms with Crippen LogP contribution in [0.25, 0.3) is 0 Å². The molecule has 0 amide bonds. The highest BCUT2D eigenvalue weighted by Crippen LogP contribution is 2.27. The normalized spacial score (nSPS) is 26.0. The van der Waals surface area contributed by atoms with E-state index in [1.165, 1.54) is 23.0 Å². The molecule has 0 spiro atoms. The van der Waals surface area contributed by atoms with Gasteiger partial charge in [0.05, 0.1) is 12.7 Å². The topological polar surface area (TPSA) is 114 Å². The lowest BCUT2D eigenvalue weighted by molar-refractivity contribution is -0.104. The highest BCUT2D eigenvalue weighted by Gasteiger charge is 2.34. The molecule has 3 atom stereocenters. The highest BCUT2D eigenvalue weighted by molar-refractivity contribution is 5.65. The van der Waals surface area contributed by atoms with E-state index in [2.05, 4.69) is 10.3 Å². The van der Waals surface area contributed by atoms with E-state index in [1.54, 1.807) is 6.07 Å². The fourth-order valence-corrected chi connectivity index (χ4v) is 1.94. The number of carbonyl (C=O) groups excluding carboxylic acids is 1. The Kier molecular flexibility index (Phi) is 4.61. The van der Waals surface area contributed by atoms with Crippen LogP contribution >= 0.6 is 0 Å². The third-order valence-electron chi connectivity index (χ3n) is 2.93. The molecule has 0 saturated carbocycles. The fraction of sp³-hybridized carbons (Fsp3) is 0.417. The summed E-state index contributed by atoms with van der Waals surface area (Å²) in [4.78, 5) is 25.7. The smallest absolute Gasteiger partial charge is 0.351 e. The summed E-state index contributed by atoms with van der Waals surface area (Å²) >= 11 is 0. The first-order valence-electron chi connectivity index (χ1n) is 6.06. The van der Waals surface area contributed by atoms with Crippen LogP contribution < -0.4 is 11.0 Å². The van der Waals surface area contributed by atoms with E-state index in [0.29, 0.717) is 12.1 Å². The summed E-state index contributed by atoms with van der Waals surface area (Å²) in [7, 11) is 0. The van der Waals surface area contributed by atoms with Crippen LogP contribution in [0.5, 0.6) is 0 Å². The van der Waals surface area contributed by atoms with E-state index < -0.39 is 24.1 Å². The predicted octanol–water partition coefficient (Wildman–Crippen LogP) is -0.992. The van der Waals surface area contributed by atoms with E-state index in [-0.39, 0.29) is 13.0 Å². The van der Waals surface area contributed by atoms with E-state index in [1.807, 2.05) is 0 Å². The number of aliphatic hydroxyl groups excluding tert-OH is 2. The molecule has 0 aliphatic carbocycles. The second-order valence-electron chi connectivity index (χ2n) is 4.26. The minimum absolute atomic E-state index is 0.213. The van der Waals surface area contributed by atoms with Crippen LogP contribution in [0.3, 0.4) is 0 Å². The van der Waals surface area contributed by atoms with Crippen LogP contribution in [-0.4, -0.2) is 44.9 Å². The maximum absolute atomic E-state index is 11.9. The van der Waals surface area contributed by atoms with E-state index in [9.17, 15) is 14.7 Å². The number of ether oxygens (including phenoxy) is 1. The number of anilines is 1. The molecular weight excluding hydrogens is 266 g/mol. The number of rotatable bonds is 5. The van der Waals surface area contributed by atoms with Crippen LogP contribution in [0.4, 0.5) is 5.82 Å². The van der Waals surface area contributed by atoms with Gasteiger partial charge in [-0.15, -0.1) is 0 Å². The van der Waals surface area contributed by atoms with Crippen molar-refractivity contribution in [2.24, 2.45) is 0 Å². The van der Waals surface area contributed by atoms with Gasteiger partial charge in [0.15, 0.2) is 0 Å². The number of nitrogens with zero attached hydrogens (tertiary/aromatic N) is 2. The summed E-state index contributed by atoms with van der Waals surface area (Å²) in [5.74, 6) is 0.293. The molecule has 0 unspecified atom stereocenters. The van der Waals surface area contributed by atoms with Gasteiger partial charge in [-0.2, -0.15) is 4.98 Å². The van der Waals surface area contributed by atoms with Crippen molar-refractivity contribution in [3.8, 4) is 0 Å². The number of carbonyl (C=O) groups is 1. The Morgan fingerprint density at radius 3 is 3.00 bits per heavy atom. The van der Waals surface area contributed by atoms with Gasteiger partial charge in [-0.25, -0.2) is 4.79 Å². The molecule has 1 aromatic heterocycles. The van der Waals surface area contributed by atoms with Crippen molar-refractivity contribution < 1.29 is 19.7 Å². The van der Waals surface area contributed by atoms with Gasteiger partial charge in [-0.1, -0.05) is 0 Å². The summed E-state index contributed by atoms with van der Waals surface area (Å²) in [5, 5.41) is 21.3. The Balaban J connectivity index is 2.12. The molecule has 1 aromatic rings. The lowest BCUT2D eigenvalue weighted by Gasteiger charge is -2.14. The number of hydrogen-bond donors (Lipinski definition) is 3. The van der Waals surface area contributed by atoms with Crippen LogP contribution in [0.15, 0.2) is 29.3 Å². The zero-order valence-electron chi connectivity index (χ0n) is 10.5. The van der Waals surface area contributed by atoms with Gasteiger partial charge in [0.25, 0.3) is 0 Å². The molecule has 8 heteroatoms. The number of aromatic nitrogens is 2. The van der Waals surface area contributed by atoms with Crippen molar-refractivity contribution in [3.63, 3.8) is 0 Å². The Morgan fingerprint density at radius 1 is 1.60 bits per heavy atom. The Bertz CT molecular complexity index is 556. The SMILES string of the molecule is O=CC=CNc1ccn([C@H]2C[C@H](O)[C@@H](CO)O2)c(=O)n1. The molecule has 0 aromatic carbocycles. The number of allylic oxidation sites excluding steroid dienone is 1. The molecule has 1 saturated heterocycles. The molecule has 2 rings (SSSR count).